The highest BCUT2D eigenvalue weighted by molar-refractivity contribution is 6.32. The highest BCUT2D eigenvalue weighted by Gasteiger charge is 2.36. The largest absolute Gasteiger partial charge is 0.495 e. The van der Waals surface area contributed by atoms with Gasteiger partial charge in [0.1, 0.15) is 11.4 Å². The lowest BCUT2D eigenvalue weighted by molar-refractivity contribution is -0.136. The molecule has 0 unspecified atom stereocenters. The average Bonchev–Trinajstić information content (AvgIpc) is 3.43. The lowest BCUT2D eigenvalue weighted by atomic mass is 10.1. The van der Waals surface area contributed by atoms with Gasteiger partial charge in [-0.2, -0.15) is 0 Å². The number of hydrogen-bond donors (Lipinski definition) is 2. The zero-order valence-corrected chi connectivity index (χ0v) is 15.4. The molecule has 1 aromatic carbocycles. The monoisotopic (exact) mass is 380 g/mol. The molecular weight excluding hydrogens is 360 g/mol. The van der Waals surface area contributed by atoms with E-state index < -0.39 is 5.97 Å². The van der Waals surface area contributed by atoms with Crippen molar-refractivity contribution >= 4 is 29.2 Å². The molecule has 1 aromatic rings. The first-order valence-electron chi connectivity index (χ1n) is 8.36. The summed E-state index contributed by atoms with van der Waals surface area (Å²) in [6, 6.07) is 3.57. The SMILES string of the molecule is COC(=O)C1=C(Nc2cc(OC)c(Cl)cc2C2CC2)C(=O)N(CCO)C1. The van der Waals surface area contributed by atoms with Gasteiger partial charge < -0.3 is 24.8 Å². The van der Waals surface area contributed by atoms with E-state index in [9.17, 15) is 9.59 Å². The number of nitrogens with one attached hydrogen (secondary N) is 1. The molecular formula is C18H21ClN2O5. The second kappa shape index (κ2) is 7.55. The van der Waals surface area contributed by atoms with E-state index in [1.54, 1.807) is 6.07 Å². The minimum absolute atomic E-state index is 0.0951. The van der Waals surface area contributed by atoms with E-state index in [-0.39, 0.29) is 36.9 Å². The molecule has 1 amide bonds. The smallest absolute Gasteiger partial charge is 0.337 e. The summed E-state index contributed by atoms with van der Waals surface area (Å²) >= 11 is 6.24. The Labute approximate surface area is 156 Å². The molecule has 26 heavy (non-hydrogen) atoms. The van der Waals surface area contributed by atoms with Crippen LogP contribution in [0.15, 0.2) is 23.4 Å². The number of nitrogens with zero attached hydrogens (tertiary/aromatic N) is 1. The number of methoxy groups -OCH3 is 2. The summed E-state index contributed by atoms with van der Waals surface area (Å²) < 4.78 is 10.1. The van der Waals surface area contributed by atoms with E-state index in [4.69, 9.17) is 26.2 Å². The molecule has 8 heteroatoms. The maximum Gasteiger partial charge on any atom is 0.337 e. The molecule has 7 nitrogen and oxygen atoms in total. The topological polar surface area (TPSA) is 88.1 Å². The number of amides is 1. The number of ether oxygens (including phenoxy) is 2. The third-order valence-electron chi connectivity index (χ3n) is 4.55. The van der Waals surface area contributed by atoms with Gasteiger partial charge in [-0.3, -0.25) is 4.79 Å². The van der Waals surface area contributed by atoms with Gasteiger partial charge in [-0.05, 0) is 30.4 Å². The summed E-state index contributed by atoms with van der Waals surface area (Å²) in [5, 5.41) is 12.8. The number of halogens is 1. The Morgan fingerprint density at radius 1 is 1.38 bits per heavy atom. The molecule has 140 valence electrons. The highest BCUT2D eigenvalue weighted by atomic mass is 35.5. The van der Waals surface area contributed by atoms with Crippen molar-refractivity contribution in [1.29, 1.82) is 0 Å². The molecule has 0 radical (unpaired) electrons. The number of rotatable bonds is 7. The fraction of sp³-hybridized carbons (Fsp3) is 0.444. The van der Waals surface area contributed by atoms with Gasteiger partial charge in [-0.15, -0.1) is 0 Å². The first-order chi connectivity index (χ1) is 12.5. The maximum atomic E-state index is 12.7. The summed E-state index contributed by atoms with van der Waals surface area (Å²) in [5.41, 5.74) is 2.07. The molecule has 1 aliphatic heterocycles. The Hall–Kier alpha value is -2.25. The Morgan fingerprint density at radius 3 is 2.69 bits per heavy atom. The van der Waals surface area contributed by atoms with Crippen LogP contribution in [0.4, 0.5) is 5.69 Å². The molecule has 2 aliphatic rings. The number of benzene rings is 1. The lowest BCUT2D eigenvalue weighted by Gasteiger charge is -2.17. The fourth-order valence-electron chi connectivity index (χ4n) is 3.05. The lowest BCUT2D eigenvalue weighted by Crippen LogP contribution is -2.31. The Balaban J connectivity index is 1.99. The number of esters is 1. The van der Waals surface area contributed by atoms with Gasteiger partial charge in [0.15, 0.2) is 0 Å². The first-order valence-corrected chi connectivity index (χ1v) is 8.74. The van der Waals surface area contributed by atoms with Crippen molar-refractivity contribution in [2.24, 2.45) is 0 Å². The van der Waals surface area contributed by atoms with Crippen molar-refractivity contribution in [3.05, 3.63) is 34.0 Å². The second-order valence-electron chi connectivity index (χ2n) is 6.27. The molecule has 0 saturated heterocycles. The van der Waals surface area contributed by atoms with E-state index in [2.05, 4.69) is 5.32 Å². The van der Waals surface area contributed by atoms with Crippen LogP contribution in [0.2, 0.25) is 5.02 Å². The van der Waals surface area contributed by atoms with Crippen molar-refractivity contribution < 1.29 is 24.2 Å². The minimum Gasteiger partial charge on any atom is -0.495 e. The maximum absolute atomic E-state index is 12.7. The zero-order valence-electron chi connectivity index (χ0n) is 14.7. The fourth-order valence-corrected chi connectivity index (χ4v) is 3.30. The van der Waals surface area contributed by atoms with Crippen molar-refractivity contribution in [1.82, 2.24) is 4.90 Å². The van der Waals surface area contributed by atoms with Crippen molar-refractivity contribution in [3.8, 4) is 5.75 Å². The van der Waals surface area contributed by atoms with Crippen molar-refractivity contribution in [2.45, 2.75) is 18.8 Å². The van der Waals surface area contributed by atoms with E-state index in [1.807, 2.05) is 6.07 Å². The molecule has 0 spiro atoms. The summed E-state index contributed by atoms with van der Waals surface area (Å²) in [4.78, 5) is 26.2. The second-order valence-corrected chi connectivity index (χ2v) is 6.68. The van der Waals surface area contributed by atoms with E-state index in [1.165, 1.54) is 19.1 Å². The third-order valence-corrected chi connectivity index (χ3v) is 4.85. The van der Waals surface area contributed by atoms with Gasteiger partial charge in [0, 0.05) is 18.3 Å². The van der Waals surface area contributed by atoms with Gasteiger partial charge in [0.25, 0.3) is 5.91 Å². The summed E-state index contributed by atoms with van der Waals surface area (Å²) in [6.45, 7) is 0.0530. The molecule has 3 rings (SSSR count). The normalized spacial score (nSPS) is 16.9. The predicted molar refractivity (Wildman–Crippen MR) is 96.3 cm³/mol. The van der Waals surface area contributed by atoms with Crippen LogP contribution >= 0.6 is 11.6 Å². The van der Waals surface area contributed by atoms with E-state index in [0.29, 0.717) is 22.4 Å². The van der Waals surface area contributed by atoms with E-state index >= 15 is 0 Å². The Bertz CT molecular complexity index is 773. The molecule has 1 saturated carbocycles. The van der Waals surface area contributed by atoms with Crippen LogP contribution in [0.1, 0.15) is 24.3 Å². The summed E-state index contributed by atoms with van der Waals surface area (Å²) in [7, 11) is 2.79. The number of carbonyl (C=O) groups is 2. The Kier molecular flexibility index (Phi) is 5.38. The van der Waals surface area contributed by atoms with Gasteiger partial charge in [0.2, 0.25) is 0 Å². The highest BCUT2D eigenvalue weighted by Crippen LogP contribution is 2.46. The molecule has 0 atom stereocenters. The van der Waals surface area contributed by atoms with Crippen LogP contribution in [-0.4, -0.2) is 55.8 Å². The predicted octanol–water partition coefficient (Wildman–Crippen LogP) is 1.90. The Morgan fingerprint density at radius 2 is 2.12 bits per heavy atom. The molecule has 1 aliphatic carbocycles. The van der Waals surface area contributed by atoms with Gasteiger partial charge in [-0.1, -0.05) is 11.6 Å². The first kappa shape index (κ1) is 18.5. The molecule has 2 N–H and O–H groups in total. The quantitative estimate of drug-likeness (QED) is 0.702. The zero-order chi connectivity index (χ0) is 18.8. The number of anilines is 1. The minimum atomic E-state index is -0.574. The van der Waals surface area contributed by atoms with Crippen LogP contribution < -0.4 is 10.1 Å². The van der Waals surface area contributed by atoms with Crippen molar-refractivity contribution in [3.63, 3.8) is 0 Å². The molecule has 1 fully saturated rings. The molecule has 0 aromatic heterocycles. The average molecular weight is 381 g/mol. The van der Waals surface area contributed by atoms with Crippen LogP contribution in [0.3, 0.4) is 0 Å². The standard InChI is InChI=1S/C18H21ClN2O5/c1-25-15-8-14(11(7-13(15)19)10-3-4-10)20-16-12(18(24)26-2)9-21(5-6-22)17(16)23/h7-8,10,20,22H,3-6,9H2,1-2H3. The van der Waals surface area contributed by atoms with Gasteiger partial charge in [-0.25, -0.2) is 4.79 Å². The van der Waals surface area contributed by atoms with Crippen molar-refractivity contribution in [2.75, 3.05) is 39.2 Å². The number of β-amino-alcohol motifs (C(OH)–C–C–N with tert-alkyl or cyclic N) is 1. The van der Waals surface area contributed by atoms with Crippen LogP contribution in [-0.2, 0) is 14.3 Å². The van der Waals surface area contributed by atoms with Gasteiger partial charge >= 0.3 is 5.97 Å². The molecule has 0 bridgehead atoms. The van der Waals surface area contributed by atoms with Crippen LogP contribution in [0.5, 0.6) is 5.75 Å². The van der Waals surface area contributed by atoms with Crippen LogP contribution in [0.25, 0.3) is 0 Å². The molecule has 1 heterocycles. The van der Waals surface area contributed by atoms with E-state index in [0.717, 1.165) is 18.4 Å². The number of carbonyl (C=O) groups excluding carboxylic acids is 2. The summed E-state index contributed by atoms with van der Waals surface area (Å²) in [5.74, 6) is -0.0742. The number of aliphatic hydroxyl groups is 1. The number of aliphatic hydroxyl groups excluding tert-OH is 1. The summed E-state index contributed by atoms with van der Waals surface area (Å²) in [6.07, 6.45) is 2.09. The third kappa shape index (κ3) is 3.50. The van der Waals surface area contributed by atoms with Crippen LogP contribution in [0, 0.1) is 0 Å². The number of hydrogen-bond acceptors (Lipinski definition) is 6. The van der Waals surface area contributed by atoms with Gasteiger partial charge in [0.05, 0.1) is 38.0 Å².